The Morgan fingerprint density at radius 2 is 1.41 bits per heavy atom. The fraction of sp³-hybridized carbons (Fsp3) is 0.143. The average Bonchev–Trinajstić information content (AvgIpc) is 2.40. The highest BCUT2D eigenvalue weighted by Crippen LogP contribution is 2.14. The van der Waals surface area contributed by atoms with Crippen molar-refractivity contribution in [2.75, 3.05) is 0 Å². The minimum atomic E-state index is 0.663. The molecule has 0 bridgehead atoms. The lowest BCUT2D eigenvalue weighted by Crippen LogP contribution is -1.90. The topological polar surface area (TPSA) is 48.8 Å². The molecule has 0 amide bonds. The largest absolute Gasteiger partial charge is 0.0622 e. The van der Waals surface area contributed by atoms with Gasteiger partial charge in [0.1, 0.15) is 0 Å². The summed E-state index contributed by atoms with van der Waals surface area (Å²) in [5, 5.41) is 3.55. The molecule has 0 N–H and O–H groups in total. The van der Waals surface area contributed by atoms with E-state index < -0.39 is 0 Å². The van der Waals surface area contributed by atoms with Crippen LogP contribution in [-0.2, 0) is 12.8 Å². The van der Waals surface area contributed by atoms with Crippen LogP contribution in [0.3, 0.4) is 0 Å². The Kier molecular flexibility index (Phi) is 3.79. The molecular formula is C14H13N3. The van der Waals surface area contributed by atoms with Crippen molar-refractivity contribution < 1.29 is 0 Å². The van der Waals surface area contributed by atoms with Crippen molar-refractivity contribution in [1.29, 1.82) is 0 Å². The van der Waals surface area contributed by atoms with Gasteiger partial charge in [-0.25, -0.2) is 0 Å². The van der Waals surface area contributed by atoms with Gasteiger partial charge < -0.3 is 0 Å². The second-order valence-electron chi connectivity index (χ2n) is 3.84. The fourth-order valence-electron chi connectivity index (χ4n) is 1.71. The van der Waals surface area contributed by atoms with E-state index in [2.05, 4.69) is 34.3 Å². The number of hydrogen-bond acceptors (Lipinski definition) is 1. The maximum atomic E-state index is 8.30. The smallest absolute Gasteiger partial charge is 0.0375 e. The van der Waals surface area contributed by atoms with Crippen LogP contribution in [0.25, 0.3) is 10.4 Å². The van der Waals surface area contributed by atoms with Crippen LogP contribution in [0.1, 0.15) is 11.1 Å². The van der Waals surface area contributed by atoms with Crippen LogP contribution in [0, 0.1) is 0 Å². The minimum Gasteiger partial charge on any atom is -0.0622 e. The summed E-state index contributed by atoms with van der Waals surface area (Å²) in [6, 6.07) is 18.1. The molecule has 0 unspecified atom stereocenters. The van der Waals surface area contributed by atoms with Gasteiger partial charge in [-0.3, -0.25) is 0 Å². The molecule has 3 nitrogen and oxygen atoms in total. The third-order valence-corrected chi connectivity index (χ3v) is 2.64. The van der Waals surface area contributed by atoms with E-state index in [1.807, 2.05) is 30.3 Å². The molecule has 0 saturated carbocycles. The molecule has 3 heteroatoms. The molecule has 2 rings (SSSR count). The molecule has 0 saturated heterocycles. The Bertz CT molecular complexity index is 511. The van der Waals surface area contributed by atoms with Crippen LogP contribution in [0.2, 0.25) is 0 Å². The lowest BCUT2D eigenvalue weighted by Gasteiger charge is -2.02. The van der Waals surface area contributed by atoms with E-state index in [1.165, 1.54) is 11.1 Å². The van der Waals surface area contributed by atoms with Crippen molar-refractivity contribution in [3.05, 3.63) is 76.2 Å². The number of nitrogens with zero attached hydrogens (tertiary/aromatic N) is 3. The average molecular weight is 223 g/mol. The Balaban J connectivity index is 1.98. The number of hydrogen-bond donors (Lipinski definition) is 0. The predicted octanol–water partition coefficient (Wildman–Crippen LogP) is 4.41. The van der Waals surface area contributed by atoms with Crippen LogP contribution >= 0.6 is 0 Å². The Labute approximate surface area is 100 Å². The molecule has 0 aliphatic heterocycles. The Morgan fingerprint density at radius 1 is 0.824 bits per heavy atom. The summed E-state index contributed by atoms with van der Waals surface area (Å²) >= 11 is 0. The van der Waals surface area contributed by atoms with Gasteiger partial charge in [-0.1, -0.05) is 59.7 Å². The minimum absolute atomic E-state index is 0.663. The molecule has 2 aromatic rings. The number of benzene rings is 2. The van der Waals surface area contributed by atoms with Crippen LogP contribution in [-0.4, -0.2) is 0 Å². The zero-order valence-corrected chi connectivity index (χ0v) is 9.45. The van der Waals surface area contributed by atoms with Crippen LogP contribution < -0.4 is 0 Å². The lowest BCUT2D eigenvalue weighted by atomic mass is 10.0. The van der Waals surface area contributed by atoms with Gasteiger partial charge in [0, 0.05) is 10.6 Å². The van der Waals surface area contributed by atoms with E-state index >= 15 is 0 Å². The van der Waals surface area contributed by atoms with E-state index in [1.54, 1.807) is 0 Å². The summed E-state index contributed by atoms with van der Waals surface area (Å²) in [5.74, 6) is 0. The first-order valence-corrected chi connectivity index (χ1v) is 5.56. The number of rotatable bonds is 4. The monoisotopic (exact) mass is 223 g/mol. The van der Waals surface area contributed by atoms with E-state index in [0.29, 0.717) is 5.69 Å². The molecule has 0 aliphatic carbocycles. The van der Waals surface area contributed by atoms with Crippen LogP contribution in [0.4, 0.5) is 5.69 Å². The van der Waals surface area contributed by atoms with Crippen molar-refractivity contribution in [3.63, 3.8) is 0 Å². The first kappa shape index (κ1) is 11.2. The van der Waals surface area contributed by atoms with Crippen molar-refractivity contribution in [2.24, 2.45) is 5.11 Å². The molecule has 0 atom stereocenters. The van der Waals surface area contributed by atoms with Crippen LogP contribution in [0.15, 0.2) is 59.7 Å². The van der Waals surface area contributed by atoms with Gasteiger partial charge in [0.2, 0.25) is 0 Å². The van der Waals surface area contributed by atoms with E-state index in [0.717, 1.165) is 12.8 Å². The number of aryl methyl sites for hydroxylation is 2. The van der Waals surface area contributed by atoms with Crippen molar-refractivity contribution in [1.82, 2.24) is 0 Å². The molecule has 17 heavy (non-hydrogen) atoms. The summed E-state index contributed by atoms with van der Waals surface area (Å²) < 4.78 is 0. The summed E-state index contributed by atoms with van der Waals surface area (Å²) in [6.07, 6.45) is 2.03. The van der Waals surface area contributed by atoms with E-state index in [4.69, 9.17) is 5.53 Å². The summed E-state index contributed by atoms with van der Waals surface area (Å²) in [4.78, 5) is 2.75. The first-order valence-electron chi connectivity index (χ1n) is 5.56. The quantitative estimate of drug-likeness (QED) is 0.418. The Hall–Kier alpha value is -2.25. The summed E-state index contributed by atoms with van der Waals surface area (Å²) in [6.45, 7) is 0. The van der Waals surface area contributed by atoms with Gasteiger partial charge in [-0.15, -0.1) is 0 Å². The van der Waals surface area contributed by atoms with Gasteiger partial charge in [0.15, 0.2) is 0 Å². The lowest BCUT2D eigenvalue weighted by molar-refractivity contribution is 0.960. The first-order chi connectivity index (χ1) is 8.38. The molecule has 0 spiro atoms. The van der Waals surface area contributed by atoms with Gasteiger partial charge in [0.05, 0.1) is 0 Å². The molecule has 0 aromatic heterocycles. The van der Waals surface area contributed by atoms with Gasteiger partial charge in [-0.2, -0.15) is 0 Å². The Morgan fingerprint density at radius 3 is 2.00 bits per heavy atom. The fourth-order valence-corrected chi connectivity index (χ4v) is 1.71. The third-order valence-electron chi connectivity index (χ3n) is 2.64. The molecule has 0 radical (unpaired) electrons. The van der Waals surface area contributed by atoms with E-state index in [9.17, 15) is 0 Å². The zero-order valence-electron chi connectivity index (χ0n) is 9.45. The predicted molar refractivity (Wildman–Crippen MR) is 69.1 cm³/mol. The van der Waals surface area contributed by atoms with Gasteiger partial charge in [-0.05, 0) is 29.5 Å². The summed E-state index contributed by atoms with van der Waals surface area (Å²) in [7, 11) is 0. The van der Waals surface area contributed by atoms with Crippen LogP contribution in [0.5, 0.6) is 0 Å². The third kappa shape index (κ3) is 3.37. The van der Waals surface area contributed by atoms with Gasteiger partial charge >= 0.3 is 0 Å². The van der Waals surface area contributed by atoms with Crippen molar-refractivity contribution >= 4 is 5.69 Å². The molecule has 2 aromatic carbocycles. The molecule has 0 fully saturated rings. The van der Waals surface area contributed by atoms with Crippen molar-refractivity contribution in [2.45, 2.75) is 12.8 Å². The summed E-state index contributed by atoms with van der Waals surface area (Å²) in [5.41, 5.74) is 11.6. The normalized spacial score (nSPS) is 9.65. The van der Waals surface area contributed by atoms with Crippen molar-refractivity contribution in [3.8, 4) is 0 Å². The molecule has 0 aliphatic rings. The molecular weight excluding hydrogens is 210 g/mol. The van der Waals surface area contributed by atoms with Gasteiger partial charge in [0.25, 0.3) is 0 Å². The molecule has 84 valence electrons. The highest BCUT2D eigenvalue weighted by Gasteiger charge is 1.95. The standard InChI is InChI=1S/C14H13N3/c15-17-16-14-10-8-13(9-11-14)7-6-12-4-2-1-3-5-12/h1-5,8-11H,6-7H2. The maximum absolute atomic E-state index is 8.30. The molecule has 0 heterocycles. The maximum Gasteiger partial charge on any atom is 0.0375 e. The highest BCUT2D eigenvalue weighted by atomic mass is 15.1. The zero-order chi connectivity index (χ0) is 11.9. The highest BCUT2D eigenvalue weighted by molar-refractivity contribution is 5.38. The van der Waals surface area contributed by atoms with E-state index in [-0.39, 0.29) is 0 Å². The second-order valence-corrected chi connectivity index (χ2v) is 3.84. The number of azide groups is 1. The SMILES string of the molecule is [N-]=[N+]=Nc1ccc(CCc2ccccc2)cc1. The second kappa shape index (κ2) is 5.73.